The molecule has 92 valence electrons. The molecule has 1 aromatic rings. The van der Waals surface area contributed by atoms with Gasteiger partial charge in [-0.2, -0.15) is 4.31 Å². The average molecular weight is 270 g/mol. The molecule has 1 aliphatic rings. The molecule has 0 radical (unpaired) electrons. The Labute approximate surface area is 106 Å². The molecule has 2 heterocycles. The fourth-order valence-electron chi connectivity index (χ4n) is 1.79. The molecule has 2 rings (SSSR count). The van der Waals surface area contributed by atoms with Crippen LogP contribution in [0.1, 0.15) is 0 Å². The van der Waals surface area contributed by atoms with Crippen LogP contribution in [0.5, 0.6) is 0 Å². The molecule has 0 spiro atoms. The van der Waals surface area contributed by atoms with E-state index in [-0.39, 0.29) is 0 Å². The van der Waals surface area contributed by atoms with E-state index in [4.69, 9.17) is 6.42 Å². The number of terminal acetylenes is 1. The molecule has 4 nitrogen and oxygen atoms in total. The highest BCUT2D eigenvalue weighted by atomic mass is 32.2. The van der Waals surface area contributed by atoms with Gasteiger partial charge >= 0.3 is 0 Å². The first kappa shape index (κ1) is 12.6. The summed E-state index contributed by atoms with van der Waals surface area (Å²) in [6, 6.07) is 3.40. The topological polar surface area (TPSA) is 40.6 Å². The number of thiophene rings is 1. The second-order valence-corrected chi connectivity index (χ2v) is 6.93. The van der Waals surface area contributed by atoms with E-state index in [1.54, 1.807) is 17.5 Å². The highest BCUT2D eigenvalue weighted by Gasteiger charge is 2.28. The van der Waals surface area contributed by atoms with Crippen LogP contribution in [-0.2, 0) is 10.0 Å². The molecular weight excluding hydrogens is 256 g/mol. The van der Waals surface area contributed by atoms with Crippen molar-refractivity contribution in [1.29, 1.82) is 0 Å². The van der Waals surface area contributed by atoms with Gasteiger partial charge in [0.25, 0.3) is 10.0 Å². The third-order valence-electron chi connectivity index (χ3n) is 2.74. The Morgan fingerprint density at radius 3 is 2.59 bits per heavy atom. The molecule has 6 heteroatoms. The summed E-state index contributed by atoms with van der Waals surface area (Å²) in [5.74, 6) is 2.58. The molecule has 0 atom stereocenters. The highest BCUT2D eigenvalue weighted by molar-refractivity contribution is 7.91. The van der Waals surface area contributed by atoms with Crippen molar-refractivity contribution in [1.82, 2.24) is 9.21 Å². The molecule has 0 saturated carbocycles. The zero-order chi connectivity index (χ0) is 12.3. The van der Waals surface area contributed by atoms with Crippen molar-refractivity contribution in [3.63, 3.8) is 0 Å². The van der Waals surface area contributed by atoms with Crippen LogP contribution in [0, 0.1) is 12.3 Å². The first-order chi connectivity index (χ1) is 8.14. The summed E-state index contributed by atoms with van der Waals surface area (Å²) in [4.78, 5) is 2.08. The van der Waals surface area contributed by atoms with Gasteiger partial charge in [-0.25, -0.2) is 8.42 Å². The van der Waals surface area contributed by atoms with Crippen LogP contribution >= 0.6 is 11.3 Å². The van der Waals surface area contributed by atoms with Crippen LogP contribution in [0.15, 0.2) is 21.7 Å². The van der Waals surface area contributed by atoms with E-state index in [9.17, 15) is 8.42 Å². The lowest BCUT2D eigenvalue weighted by Gasteiger charge is -2.32. The largest absolute Gasteiger partial charge is 0.290 e. The number of rotatable bonds is 3. The number of nitrogens with zero attached hydrogens (tertiary/aromatic N) is 2. The van der Waals surface area contributed by atoms with Crippen molar-refractivity contribution >= 4 is 21.4 Å². The normalized spacial score (nSPS) is 19.0. The summed E-state index contributed by atoms with van der Waals surface area (Å²) >= 11 is 1.26. The zero-order valence-corrected chi connectivity index (χ0v) is 11.0. The summed E-state index contributed by atoms with van der Waals surface area (Å²) in [6.45, 7) is 3.03. The molecule has 1 aromatic heterocycles. The monoisotopic (exact) mass is 270 g/mol. The first-order valence-electron chi connectivity index (χ1n) is 5.34. The minimum absolute atomic E-state index is 0.419. The third-order valence-corrected chi connectivity index (χ3v) is 6.01. The number of sulfonamides is 1. The molecule has 1 saturated heterocycles. The molecule has 0 aromatic carbocycles. The van der Waals surface area contributed by atoms with Gasteiger partial charge in [-0.15, -0.1) is 17.8 Å². The summed E-state index contributed by atoms with van der Waals surface area (Å²) < 4.78 is 26.3. The van der Waals surface area contributed by atoms with E-state index in [2.05, 4.69) is 10.8 Å². The van der Waals surface area contributed by atoms with Gasteiger partial charge in [-0.1, -0.05) is 12.0 Å². The SMILES string of the molecule is C#CCN1CCN(S(=O)(=O)c2cccs2)CC1. The second-order valence-electron chi connectivity index (χ2n) is 3.82. The summed E-state index contributed by atoms with van der Waals surface area (Å²) in [6.07, 6.45) is 5.24. The maximum atomic E-state index is 12.2. The van der Waals surface area contributed by atoms with Gasteiger partial charge in [0.15, 0.2) is 0 Å². The minimum atomic E-state index is -3.28. The van der Waals surface area contributed by atoms with Gasteiger partial charge < -0.3 is 0 Å². The summed E-state index contributed by atoms with van der Waals surface area (Å²) in [5.41, 5.74) is 0. The van der Waals surface area contributed by atoms with Gasteiger partial charge in [0.2, 0.25) is 0 Å². The van der Waals surface area contributed by atoms with E-state index in [1.165, 1.54) is 15.6 Å². The fourth-order valence-corrected chi connectivity index (χ4v) is 4.36. The van der Waals surface area contributed by atoms with Gasteiger partial charge in [-0.3, -0.25) is 4.90 Å². The maximum Gasteiger partial charge on any atom is 0.252 e. The maximum absolute atomic E-state index is 12.2. The lowest BCUT2D eigenvalue weighted by molar-refractivity contribution is 0.207. The predicted molar refractivity (Wildman–Crippen MR) is 68.4 cm³/mol. The van der Waals surface area contributed by atoms with Crippen LogP contribution in [-0.4, -0.2) is 50.3 Å². The molecule has 0 amide bonds. The lowest BCUT2D eigenvalue weighted by atomic mass is 10.4. The number of hydrogen-bond acceptors (Lipinski definition) is 4. The average Bonchev–Trinajstić information content (AvgIpc) is 2.84. The first-order valence-corrected chi connectivity index (χ1v) is 7.66. The van der Waals surface area contributed by atoms with E-state index in [1.807, 2.05) is 0 Å². The smallest absolute Gasteiger partial charge is 0.252 e. The zero-order valence-electron chi connectivity index (χ0n) is 9.37. The lowest BCUT2D eigenvalue weighted by Crippen LogP contribution is -2.48. The Morgan fingerprint density at radius 2 is 2.06 bits per heavy atom. The van der Waals surface area contributed by atoms with Gasteiger partial charge in [0, 0.05) is 26.2 Å². The Hall–Kier alpha value is -0.870. The molecule has 0 aliphatic carbocycles. The van der Waals surface area contributed by atoms with Crippen LogP contribution in [0.2, 0.25) is 0 Å². The van der Waals surface area contributed by atoms with Crippen LogP contribution < -0.4 is 0 Å². The van der Waals surface area contributed by atoms with Crippen molar-refractivity contribution in [2.75, 3.05) is 32.7 Å². The highest BCUT2D eigenvalue weighted by Crippen LogP contribution is 2.21. The minimum Gasteiger partial charge on any atom is -0.290 e. The molecule has 0 bridgehead atoms. The summed E-state index contributed by atoms with van der Waals surface area (Å²) in [7, 11) is -3.28. The molecule has 0 N–H and O–H groups in total. The van der Waals surface area contributed by atoms with Crippen LogP contribution in [0.4, 0.5) is 0 Å². The summed E-state index contributed by atoms with van der Waals surface area (Å²) in [5, 5.41) is 1.78. The van der Waals surface area contributed by atoms with Crippen LogP contribution in [0.25, 0.3) is 0 Å². The van der Waals surface area contributed by atoms with Crippen molar-refractivity contribution in [2.45, 2.75) is 4.21 Å². The molecular formula is C11H14N2O2S2. The van der Waals surface area contributed by atoms with E-state index >= 15 is 0 Å². The number of hydrogen-bond donors (Lipinski definition) is 0. The van der Waals surface area contributed by atoms with Crippen molar-refractivity contribution in [3.8, 4) is 12.3 Å². The van der Waals surface area contributed by atoms with Crippen molar-refractivity contribution in [3.05, 3.63) is 17.5 Å². The number of piperazine rings is 1. The van der Waals surface area contributed by atoms with Gasteiger partial charge in [0.1, 0.15) is 4.21 Å². The Bertz CT molecular complexity index is 494. The Balaban J connectivity index is 2.04. The van der Waals surface area contributed by atoms with Crippen molar-refractivity contribution < 1.29 is 8.42 Å². The van der Waals surface area contributed by atoms with Gasteiger partial charge in [0.05, 0.1) is 6.54 Å². The third kappa shape index (κ3) is 2.69. The van der Waals surface area contributed by atoms with E-state index in [0.29, 0.717) is 36.9 Å². The van der Waals surface area contributed by atoms with Crippen molar-refractivity contribution in [2.24, 2.45) is 0 Å². The van der Waals surface area contributed by atoms with Gasteiger partial charge in [-0.05, 0) is 11.4 Å². The van der Waals surface area contributed by atoms with Crippen LogP contribution in [0.3, 0.4) is 0 Å². The molecule has 0 unspecified atom stereocenters. The Kier molecular flexibility index (Phi) is 3.84. The standard InChI is InChI=1S/C11H14N2O2S2/c1-2-5-12-6-8-13(9-7-12)17(14,15)11-4-3-10-16-11/h1,3-4,10H,5-9H2. The van der Waals surface area contributed by atoms with E-state index < -0.39 is 10.0 Å². The predicted octanol–water partition coefficient (Wildman–Crippen LogP) is 0.688. The molecule has 1 aliphatic heterocycles. The molecule has 1 fully saturated rings. The second kappa shape index (κ2) is 5.19. The fraction of sp³-hybridized carbons (Fsp3) is 0.455. The van der Waals surface area contributed by atoms with E-state index in [0.717, 1.165) is 0 Å². The molecule has 17 heavy (non-hydrogen) atoms. The quantitative estimate of drug-likeness (QED) is 0.759. The Morgan fingerprint density at radius 1 is 1.35 bits per heavy atom.